The molecule has 2 amide bonds. The molecule has 4 atom stereocenters. The summed E-state index contributed by atoms with van der Waals surface area (Å²) < 4.78 is 0. The molecule has 0 unspecified atom stereocenters. The molecule has 3 aliphatic rings. The van der Waals surface area contributed by atoms with Gasteiger partial charge in [0.2, 0.25) is 11.8 Å². The molecule has 3 fully saturated rings. The van der Waals surface area contributed by atoms with E-state index < -0.39 is 0 Å². The van der Waals surface area contributed by atoms with Gasteiger partial charge in [-0.3, -0.25) is 14.5 Å². The van der Waals surface area contributed by atoms with Gasteiger partial charge in [-0.1, -0.05) is 60.7 Å². The average Bonchev–Trinajstić information content (AvgIpc) is 3.74. The zero-order valence-corrected chi connectivity index (χ0v) is 18.0. The fraction of sp³-hybridized carbons (Fsp3) is 0.462. The van der Waals surface area contributed by atoms with Gasteiger partial charge in [-0.25, -0.2) is 0 Å². The zero-order valence-electron chi connectivity index (χ0n) is 18.0. The maximum absolute atomic E-state index is 12.8. The van der Waals surface area contributed by atoms with E-state index in [2.05, 4.69) is 46.6 Å². The van der Waals surface area contributed by atoms with Crippen molar-refractivity contribution in [3.63, 3.8) is 0 Å². The largest absolute Gasteiger partial charge is 0.355 e. The first-order valence-corrected chi connectivity index (χ1v) is 11.6. The predicted octanol–water partition coefficient (Wildman–Crippen LogP) is 2.85. The number of hydrogen-bond donors (Lipinski definition) is 1. The summed E-state index contributed by atoms with van der Waals surface area (Å²) in [6, 6.07) is 20.7. The first-order valence-electron chi connectivity index (χ1n) is 11.6. The summed E-state index contributed by atoms with van der Waals surface area (Å²) in [5.41, 5.74) is 2.56. The van der Waals surface area contributed by atoms with Crippen LogP contribution in [0.15, 0.2) is 60.7 Å². The molecule has 1 saturated heterocycles. The van der Waals surface area contributed by atoms with Crippen molar-refractivity contribution in [3.05, 3.63) is 71.8 Å². The highest BCUT2D eigenvalue weighted by Crippen LogP contribution is 2.48. The summed E-state index contributed by atoms with van der Waals surface area (Å²) in [6.07, 6.45) is 1.95. The molecule has 0 spiro atoms. The monoisotopic (exact) mass is 417 g/mol. The number of rotatable bonds is 7. The Morgan fingerprint density at radius 2 is 1.32 bits per heavy atom. The smallest absolute Gasteiger partial charge is 0.226 e. The minimum Gasteiger partial charge on any atom is -0.355 e. The van der Waals surface area contributed by atoms with Crippen LogP contribution in [-0.2, 0) is 9.59 Å². The first-order chi connectivity index (χ1) is 15.2. The summed E-state index contributed by atoms with van der Waals surface area (Å²) in [5.74, 6) is 1.60. The standard InChI is InChI=1S/C26H31N3O2/c30-25(23-17-21(23)19-7-3-1-4-8-19)27-11-12-28-13-15-29(16-14-28)26(31)24-18-22(24)20-9-5-2-6-10-20/h1-10,21-24H,11-18H2,(H,27,30)/t21-,22+,23-,24-/m1/s1. The van der Waals surface area contributed by atoms with Crippen LogP contribution in [0.4, 0.5) is 0 Å². The molecule has 5 heteroatoms. The van der Waals surface area contributed by atoms with Gasteiger partial charge in [-0.15, -0.1) is 0 Å². The Hall–Kier alpha value is -2.66. The van der Waals surface area contributed by atoms with Crippen molar-refractivity contribution >= 4 is 11.8 Å². The first kappa shape index (κ1) is 20.3. The molecule has 2 aromatic rings. The number of hydrogen-bond acceptors (Lipinski definition) is 3. The molecule has 162 valence electrons. The third-order valence-electron chi connectivity index (χ3n) is 7.10. The Morgan fingerprint density at radius 1 is 0.774 bits per heavy atom. The van der Waals surface area contributed by atoms with Gasteiger partial charge in [0.15, 0.2) is 0 Å². The lowest BCUT2D eigenvalue weighted by molar-refractivity contribution is -0.134. The quantitative estimate of drug-likeness (QED) is 0.754. The van der Waals surface area contributed by atoms with Crippen LogP contribution in [0.5, 0.6) is 0 Å². The Labute approximate surface area is 184 Å². The van der Waals surface area contributed by atoms with E-state index >= 15 is 0 Å². The SMILES string of the molecule is O=C(NCCN1CCN(C(=O)[C@@H]2C[C@H]2c2ccccc2)CC1)[C@@H]1C[C@@H]1c1ccccc1. The molecular weight excluding hydrogens is 386 g/mol. The van der Waals surface area contributed by atoms with Gasteiger partial charge in [0.05, 0.1) is 0 Å². The summed E-state index contributed by atoms with van der Waals surface area (Å²) in [7, 11) is 0. The van der Waals surface area contributed by atoms with Crippen LogP contribution in [0.2, 0.25) is 0 Å². The average molecular weight is 418 g/mol. The van der Waals surface area contributed by atoms with E-state index in [1.165, 1.54) is 11.1 Å². The van der Waals surface area contributed by atoms with Gasteiger partial charge in [0, 0.05) is 51.1 Å². The maximum Gasteiger partial charge on any atom is 0.226 e. The molecule has 0 aromatic heterocycles. The van der Waals surface area contributed by atoms with Crippen LogP contribution in [0, 0.1) is 11.8 Å². The summed E-state index contributed by atoms with van der Waals surface area (Å²) in [5, 5.41) is 3.12. The van der Waals surface area contributed by atoms with Crippen LogP contribution in [0.3, 0.4) is 0 Å². The van der Waals surface area contributed by atoms with E-state index in [1.54, 1.807) is 0 Å². The molecule has 5 rings (SSSR count). The number of benzene rings is 2. The van der Waals surface area contributed by atoms with Crippen molar-refractivity contribution in [2.24, 2.45) is 11.8 Å². The molecule has 2 saturated carbocycles. The minimum atomic E-state index is 0.132. The van der Waals surface area contributed by atoms with Crippen LogP contribution in [0.25, 0.3) is 0 Å². The summed E-state index contributed by atoms with van der Waals surface area (Å²) >= 11 is 0. The maximum atomic E-state index is 12.8. The van der Waals surface area contributed by atoms with Gasteiger partial charge in [-0.05, 0) is 35.8 Å². The molecule has 2 aliphatic carbocycles. The van der Waals surface area contributed by atoms with Crippen molar-refractivity contribution < 1.29 is 9.59 Å². The third kappa shape index (κ3) is 4.67. The molecule has 1 N–H and O–H groups in total. The third-order valence-corrected chi connectivity index (χ3v) is 7.10. The zero-order chi connectivity index (χ0) is 21.2. The van der Waals surface area contributed by atoms with Crippen LogP contribution >= 0.6 is 0 Å². The molecule has 5 nitrogen and oxygen atoms in total. The van der Waals surface area contributed by atoms with Crippen molar-refractivity contribution in [2.75, 3.05) is 39.3 Å². The number of amides is 2. The lowest BCUT2D eigenvalue weighted by atomic mass is 10.1. The highest BCUT2D eigenvalue weighted by Gasteiger charge is 2.46. The summed E-state index contributed by atoms with van der Waals surface area (Å²) in [6.45, 7) is 4.91. The molecule has 0 radical (unpaired) electrons. The molecule has 31 heavy (non-hydrogen) atoms. The Morgan fingerprint density at radius 3 is 1.94 bits per heavy atom. The van der Waals surface area contributed by atoms with E-state index in [4.69, 9.17) is 0 Å². The number of carbonyl (C=O) groups excluding carboxylic acids is 2. The van der Waals surface area contributed by atoms with E-state index in [1.807, 2.05) is 29.2 Å². The molecule has 1 aliphatic heterocycles. The van der Waals surface area contributed by atoms with E-state index in [9.17, 15) is 9.59 Å². The van der Waals surface area contributed by atoms with Crippen LogP contribution < -0.4 is 5.32 Å². The second-order valence-electron chi connectivity index (χ2n) is 9.18. The van der Waals surface area contributed by atoms with Gasteiger partial charge in [-0.2, -0.15) is 0 Å². The lowest BCUT2D eigenvalue weighted by Gasteiger charge is -2.35. The van der Waals surface area contributed by atoms with Crippen LogP contribution in [-0.4, -0.2) is 60.9 Å². The van der Waals surface area contributed by atoms with E-state index in [0.717, 1.165) is 45.6 Å². The highest BCUT2D eigenvalue weighted by atomic mass is 16.2. The molecule has 2 aromatic carbocycles. The number of carbonyl (C=O) groups is 2. The van der Waals surface area contributed by atoms with Crippen molar-refractivity contribution in [3.8, 4) is 0 Å². The lowest BCUT2D eigenvalue weighted by Crippen LogP contribution is -2.50. The van der Waals surface area contributed by atoms with E-state index in [-0.39, 0.29) is 17.7 Å². The molecule has 1 heterocycles. The van der Waals surface area contributed by atoms with Gasteiger partial charge >= 0.3 is 0 Å². The van der Waals surface area contributed by atoms with Gasteiger partial charge in [0.25, 0.3) is 0 Å². The summed E-state index contributed by atoms with van der Waals surface area (Å²) in [4.78, 5) is 29.6. The Kier molecular flexibility index (Phi) is 5.77. The van der Waals surface area contributed by atoms with E-state index in [0.29, 0.717) is 24.3 Å². The fourth-order valence-electron chi connectivity index (χ4n) is 4.98. The van der Waals surface area contributed by atoms with Crippen molar-refractivity contribution in [1.82, 2.24) is 15.1 Å². The number of piperazine rings is 1. The number of nitrogens with zero attached hydrogens (tertiary/aromatic N) is 2. The fourth-order valence-corrected chi connectivity index (χ4v) is 4.98. The normalized spacial score (nSPS) is 27.5. The second-order valence-corrected chi connectivity index (χ2v) is 9.18. The highest BCUT2D eigenvalue weighted by molar-refractivity contribution is 5.83. The Balaban J connectivity index is 0.998. The molecule has 0 bridgehead atoms. The van der Waals surface area contributed by atoms with Gasteiger partial charge in [0.1, 0.15) is 0 Å². The minimum absolute atomic E-state index is 0.132. The van der Waals surface area contributed by atoms with Crippen molar-refractivity contribution in [1.29, 1.82) is 0 Å². The molecular formula is C26H31N3O2. The predicted molar refractivity (Wildman–Crippen MR) is 121 cm³/mol. The second kappa shape index (κ2) is 8.83. The van der Waals surface area contributed by atoms with Crippen molar-refractivity contribution in [2.45, 2.75) is 24.7 Å². The number of nitrogens with one attached hydrogen (secondary N) is 1. The van der Waals surface area contributed by atoms with Crippen LogP contribution in [0.1, 0.15) is 35.8 Å². The van der Waals surface area contributed by atoms with Gasteiger partial charge < -0.3 is 10.2 Å². The topological polar surface area (TPSA) is 52.7 Å². The Bertz CT molecular complexity index is 906.